The van der Waals surface area contributed by atoms with Crippen molar-refractivity contribution in [1.82, 2.24) is 9.78 Å². The van der Waals surface area contributed by atoms with Crippen LogP contribution < -0.4 is 5.73 Å². The van der Waals surface area contributed by atoms with Gasteiger partial charge >= 0.3 is 6.18 Å². The molecule has 0 bridgehead atoms. The third kappa shape index (κ3) is 3.11. The Bertz CT molecular complexity index is 498. The molecule has 0 amide bonds. The van der Waals surface area contributed by atoms with Crippen LogP contribution in [0.4, 0.5) is 13.2 Å². The third-order valence-corrected chi connectivity index (χ3v) is 4.62. The molecule has 20 heavy (non-hydrogen) atoms. The van der Waals surface area contributed by atoms with Gasteiger partial charge in [-0.1, -0.05) is 18.0 Å². The number of rotatable bonds is 2. The summed E-state index contributed by atoms with van der Waals surface area (Å²) in [5, 5.41) is 4.69. The van der Waals surface area contributed by atoms with Gasteiger partial charge in [-0.05, 0) is 26.2 Å². The largest absolute Gasteiger partial charge is 0.391 e. The second kappa shape index (κ2) is 5.22. The van der Waals surface area contributed by atoms with E-state index in [1.54, 1.807) is 18.7 Å². The normalized spacial score (nSPS) is 27.9. The Morgan fingerprint density at radius 3 is 2.65 bits per heavy atom. The summed E-state index contributed by atoms with van der Waals surface area (Å²) < 4.78 is 40.3. The molecule has 7 heteroatoms. The molecule has 1 aliphatic carbocycles. The van der Waals surface area contributed by atoms with Crippen LogP contribution >= 0.6 is 11.6 Å². The minimum absolute atomic E-state index is 0.0446. The maximum absolute atomic E-state index is 12.9. The number of aromatic nitrogens is 2. The first kappa shape index (κ1) is 15.6. The highest BCUT2D eigenvalue weighted by molar-refractivity contribution is 6.31. The molecule has 2 N–H and O–H groups in total. The van der Waals surface area contributed by atoms with Gasteiger partial charge in [-0.25, -0.2) is 0 Å². The van der Waals surface area contributed by atoms with E-state index in [0.717, 1.165) is 5.69 Å². The summed E-state index contributed by atoms with van der Waals surface area (Å²) in [6.45, 7) is 1.77. The Balaban J connectivity index is 2.19. The van der Waals surface area contributed by atoms with Crippen molar-refractivity contribution >= 4 is 11.6 Å². The molecule has 3 nitrogen and oxygen atoms in total. The highest BCUT2D eigenvalue weighted by atomic mass is 35.5. The fourth-order valence-electron chi connectivity index (χ4n) is 3.04. The van der Waals surface area contributed by atoms with Crippen molar-refractivity contribution in [2.75, 3.05) is 0 Å². The molecular formula is C13H19ClF3N3. The molecule has 1 heterocycles. The summed E-state index contributed by atoms with van der Waals surface area (Å²) in [5.41, 5.74) is 6.76. The standard InChI is InChI=1S/C13H19ClF3N3/c1-8-11(14)10(20(2)19-8)7-12(18)5-3-4-9(6-12)13(15,16)17/h9H,3-7,18H2,1-2H3. The van der Waals surface area contributed by atoms with Crippen molar-refractivity contribution < 1.29 is 13.2 Å². The fourth-order valence-corrected chi connectivity index (χ4v) is 3.27. The SMILES string of the molecule is Cc1nn(C)c(CC2(N)CCCC(C(F)(F)F)C2)c1Cl. The van der Waals surface area contributed by atoms with Crippen LogP contribution in [0, 0.1) is 12.8 Å². The Hall–Kier alpha value is -0.750. The van der Waals surface area contributed by atoms with Gasteiger partial charge in [0.15, 0.2) is 0 Å². The first-order valence-electron chi connectivity index (χ1n) is 6.66. The lowest BCUT2D eigenvalue weighted by Crippen LogP contribution is -2.49. The average molecular weight is 310 g/mol. The molecule has 0 radical (unpaired) electrons. The monoisotopic (exact) mass is 309 g/mol. The van der Waals surface area contributed by atoms with Gasteiger partial charge in [-0.2, -0.15) is 18.3 Å². The van der Waals surface area contributed by atoms with Crippen molar-refractivity contribution in [3.8, 4) is 0 Å². The molecule has 1 aromatic rings. The topological polar surface area (TPSA) is 43.8 Å². The smallest absolute Gasteiger partial charge is 0.325 e. The quantitative estimate of drug-likeness (QED) is 0.910. The predicted octanol–water partition coefficient (Wildman–Crippen LogP) is 3.37. The summed E-state index contributed by atoms with van der Waals surface area (Å²) in [6.07, 6.45) is -2.64. The number of nitrogens with zero attached hydrogens (tertiary/aromatic N) is 2. The lowest BCUT2D eigenvalue weighted by Gasteiger charge is -2.38. The first-order chi connectivity index (χ1) is 9.12. The van der Waals surface area contributed by atoms with Gasteiger partial charge in [-0.3, -0.25) is 4.68 Å². The number of aryl methyl sites for hydroxylation is 2. The van der Waals surface area contributed by atoms with Crippen LogP contribution in [-0.2, 0) is 13.5 Å². The number of halogens is 4. The van der Waals surface area contributed by atoms with Gasteiger partial charge in [0.05, 0.1) is 22.3 Å². The Morgan fingerprint density at radius 2 is 2.15 bits per heavy atom. The third-order valence-electron chi connectivity index (χ3n) is 4.12. The number of alkyl halides is 3. The molecule has 0 aromatic carbocycles. The molecule has 2 unspecified atom stereocenters. The Kier molecular flexibility index (Phi) is 4.08. The summed E-state index contributed by atoms with van der Waals surface area (Å²) in [4.78, 5) is 0. The predicted molar refractivity (Wildman–Crippen MR) is 71.6 cm³/mol. The minimum atomic E-state index is -4.17. The second-order valence-corrected chi connectivity index (χ2v) is 6.22. The van der Waals surface area contributed by atoms with Crippen LogP contribution in [0.2, 0.25) is 5.02 Å². The van der Waals surface area contributed by atoms with Crippen molar-refractivity contribution in [2.45, 2.75) is 50.7 Å². The van der Waals surface area contributed by atoms with E-state index in [2.05, 4.69) is 5.10 Å². The van der Waals surface area contributed by atoms with Gasteiger partial charge in [-0.15, -0.1) is 0 Å². The van der Waals surface area contributed by atoms with E-state index in [1.807, 2.05) is 0 Å². The molecule has 1 saturated carbocycles. The van der Waals surface area contributed by atoms with E-state index in [0.29, 0.717) is 30.0 Å². The van der Waals surface area contributed by atoms with Crippen molar-refractivity contribution in [2.24, 2.45) is 18.7 Å². The zero-order chi connectivity index (χ0) is 15.1. The maximum atomic E-state index is 12.9. The van der Waals surface area contributed by atoms with Gasteiger partial charge in [0.2, 0.25) is 0 Å². The number of hydrogen-bond acceptors (Lipinski definition) is 2. The zero-order valence-corrected chi connectivity index (χ0v) is 12.4. The van der Waals surface area contributed by atoms with E-state index in [4.69, 9.17) is 17.3 Å². The molecule has 114 valence electrons. The van der Waals surface area contributed by atoms with E-state index in [9.17, 15) is 13.2 Å². The van der Waals surface area contributed by atoms with Crippen LogP contribution in [0.25, 0.3) is 0 Å². The van der Waals surface area contributed by atoms with Crippen LogP contribution in [0.3, 0.4) is 0 Å². The van der Waals surface area contributed by atoms with Gasteiger partial charge in [0, 0.05) is 19.0 Å². The molecule has 2 rings (SSSR count). The highest BCUT2D eigenvalue weighted by Crippen LogP contribution is 2.42. The first-order valence-corrected chi connectivity index (χ1v) is 7.04. The van der Waals surface area contributed by atoms with Gasteiger partial charge < -0.3 is 5.73 Å². The summed E-state index contributed by atoms with van der Waals surface area (Å²) in [5.74, 6) is -1.31. The van der Waals surface area contributed by atoms with E-state index in [-0.39, 0.29) is 12.8 Å². The molecular weight excluding hydrogens is 291 g/mol. The number of nitrogens with two attached hydrogens (primary N) is 1. The summed E-state index contributed by atoms with van der Waals surface area (Å²) in [7, 11) is 1.74. The fraction of sp³-hybridized carbons (Fsp3) is 0.769. The Morgan fingerprint density at radius 1 is 1.50 bits per heavy atom. The second-order valence-electron chi connectivity index (χ2n) is 5.84. The van der Waals surface area contributed by atoms with Crippen molar-refractivity contribution in [1.29, 1.82) is 0 Å². The van der Waals surface area contributed by atoms with E-state index < -0.39 is 17.6 Å². The molecule has 0 aliphatic heterocycles. The molecule has 1 aromatic heterocycles. The maximum Gasteiger partial charge on any atom is 0.391 e. The van der Waals surface area contributed by atoms with Crippen molar-refractivity contribution in [3.63, 3.8) is 0 Å². The highest BCUT2D eigenvalue weighted by Gasteiger charge is 2.46. The molecule has 2 atom stereocenters. The Labute approximate surface area is 121 Å². The molecule has 1 aliphatic rings. The van der Waals surface area contributed by atoms with E-state index >= 15 is 0 Å². The average Bonchev–Trinajstić information content (AvgIpc) is 2.55. The van der Waals surface area contributed by atoms with E-state index in [1.165, 1.54) is 0 Å². The van der Waals surface area contributed by atoms with Gasteiger partial charge in [0.1, 0.15) is 0 Å². The molecule has 0 spiro atoms. The zero-order valence-electron chi connectivity index (χ0n) is 11.6. The van der Waals surface area contributed by atoms with Crippen molar-refractivity contribution in [3.05, 3.63) is 16.4 Å². The van der Waals surface area contributed by atoms with Crippen LogP contribution in [0.1, 0.15) is 37.1 Å². The lowest BCUT2D eigenvalue weighted by molar-refractivity contribution is -0.187. The lowest BCUT2D eigenvalue weighted by atomic mass is 9.73. The molecule has 1 fully saturated rings. The van der Waals surface area contributed by atoms with Crippen LogP contribution in [0.5, 0.6) is 0 Å². The minimum Gasteiger partial charge on any atom is -0.325 e. The molecule has 0 saturated heterocycles. The summed E-state index contributed by atoms with van der Waals surface area (Å²) >= 11 is 6.16. The number of hydrogen-bond donors (Lipinski definition) is 1. The van der Waals surface area contributed by atoms with Gasteiger partial charge in [0.25, 0.3) is 0 Å². The summed E-state index contributed by atoms with van der Waals surface area (Å²) in [6, 6.07) is 0. The van der Waals surface area contributed by atoms with Crippen LogP contribution in [-0.4, -0.2) is 21.5 Å². The van der Waals surface area contributed by atoms with Crippen LogP contribution in [0.15, 0.2) is 0 Å².